The number of benzene rings is 1. The van der Waals surface area contributed by atoms with Crippen LogP contribution in [-0.2, 0) is 6.54 Å². The Kier molecular flexibility index (Phi) is 3.56. The number of halogens is 1. The quantitative estimate of drug-likeness (QED) is 0.942. The van der Waals surface area contributed by atoms with Crippen LogP contribution in [0.5, 0.6) is 0 Å². The minimum atomic E-state index is -0.605. The maximum Gasteiger partial charge on any atom is 0.105 e. The van der Waals surface area contributed by atoms with Crippen LogP contribution in [0.3, 0.4) is 0 Å². The summed E-state index contributed by atoms with van der Waals surface area (Å²) in [6.07, 6.45) is 1.00. The molecule has 19 heavy (non-hydrogen) atoms. The largest absolute Gasteiger partial charge is 0.386 e. The van der Waals surface area contributed by atoms with E-state index in [1.807, 2.05) is 19.1 Å². The average molecular weight is 295 g/mol. The van der Waals surface area contributed by atoms with Gasteiger partial charge in [-0.2, -0.15) is 5.10 Å². The Hall–Kier alpha value is -0.970. The van der Waals surface area contributed by atoms with Gasteiger partial charge in [0, 0.05) is 23.1 Å². The summed E-state index contributed by atoms with van der Waals surface area (Å²) < 4.78 is 1.78. The number of thioether (sulfide) groups is 1. The first-order chi connectivity index (χ1) is 9.22. The molecule has 1 N–H and O–H groups in total. The predicted octanol–water partition coefficient (Wildman–Crippen LogP) is 3.48. The Morgan fingerprint density at radius 3 is 3.11 bits per heavy atom. The van der Waals surface area contributed by atoms with Gasteiger partial charge in [-0.3, -0.25) is 4.68 Å². The first-order valence-electron chi connectivity index (χ1n) is 6.33. The zero-order chi connectivity index (χ0) is 13.4. The summed E-state index contributed by atoms with van der Waals surface area (Å²) in [6.45, 7) is 2.71. The van der Waals surface area contributed by atoms with Crippen LogP contribution in [0.2, 0.25) is 5.02 Å². The first kappa shape index (κ1) is 13.0. The number of aliphatic hydroxyl groups is 1. The van der Waals surface area contributed by atoms with E-state index in [-0.39, 0.29) is 5.92 Å². The van der Waals surface area contributed by atoms with Crippen molar-refractivity contribution in [3.63, 3.8) is 0 Å². The van der Waals surface area contributed by atoms with Gasteiger partial charge in [0.2, 0.25) is 0 Å². The molecule has 1 aliphatic rings. The van der Waals surface area contributed by atoms with Crippen molar-refractivity contribution in [3.05, 3.63) is 46.7 Å². The average Bonchev–Trinajstić information content (AvgIpc) is 3.01. The number of rotatable bonds is 3. The Balaban J connectivity index is 1.97. The van der Waals surface area contributed by atoms with Gasteiger partial charge in [-0.15, -0.1) is 11.8 Å². The monoisotopic (exact) mass is 294 g/mol. The topological polar surface area (TPSA) is 38.0 Å². The molecule has 1 aromatic carbocycles. The summed E-state index contributed by atoms with van der Waals surface area (Å²) in [6, 6.07) is 8.24. The van der Waals surface area contributed by atoms with Crippen LogP contribution in [0, 0.1) is 0 Å². The van der Waals surface area contributed by atoms with Crippen molar-refractivity contribution in [1.29, 1.82) is 0 Å². The first-order valence-corrected chi connectivity index (χ1v) is 7.69. The van der Waals surface area contributed by atoms with Gasteiger partial charge < -0.3 is 5.11 Å². The van der Waals surface area contributed by atoms with Gasteiger partial charge in [-0.1, -0.05) is 29.8 Å². The van der Waals surface area contributed by atoms with Crippen molar-refractivity contribution >= 4 is 23.4 Å². The molecule has 0 fully saturated rings. The van der Waals surface area contributed by atoms with E-state index in [2.05, 4.69) is 17.2 Å². The third kappa shape index (κ3) is 2.18. The second kappa shape index (κ2) is 5.19. The van der Waals surface area contributed by atoms with E-state index in [1.54, 1.807) is 22.6 Å². The number of aryl methyl sites for hydroxylation is 1. The molecule has 5 heteroatoms. The van der Waals surface area contributed by atoms with Crippen molar-refractivity contribution < 1.29 is 5.11 Å². The highest BCUT2D eigenvalue weighted by atomic mass is 35.5. The lowest BCUT2D eigenvalue weighted by Gasteiger charge is -2.20. The molecule has 0 spiro atoms. The van der Waals surface area contributed by atoms with Gasteiger partial charge in [-0.25, -0.2) is 0 Å². The number of hydrogen-bond acceptors (Lipinski definition) is 3. The van der Waals surface area contributed by atoms with Gasteiger partial charge in [0.25, 0.3) is 0 Å². The molecule has 2 heterocycles. The minimum Gasteiger partial charge on any atom is -0.386 e. The SMILES string of the molecule is CCn1ncc(Cl)c1C(O)C1CSc2ccccc21. The normalized spacial score (nSPS) is 19.4. The molecular weight excluding hydrogens is 280 g/mol. The van der Waals surface area contributed by atoms with E-state index in [0.717, 1.165) is 11.4 Å². The van der Waals surface area contributed by atoms with Gasteiger partial charge in [-0.05, 0) is 18.6 Å². The lowest BCUT2D eigenvalue weighted by Crippen LogP contribution is -2.15. The van der Waals surface area contributed by atoms with Crippen molar-refractivity contribution in [2.75, 3.05) is 5.75 Å². The number of aliphatic hydroxyl groups excluding tert-OH is 1. The van der Waals surface area contributed by atoms with Crippen molar-refractivity contribution in [3.8, 4) is 0 Å². The highest BCUT2D eigenvalue weighted by Gasteiger charge is 2.33. The van der Waals surface area contributed by atoms with E-state index in [9.17, 15) is 5.11 Å². The fourth-order valence-electron chi connectivity index (χ4n) is 2.56. The number of hydrogen-bond donors (Lipinski definition) is 1. The molecule has 2 atom stereocenters. The third-order valence-corrected chi connectivity index (χ3v) is 5.03. The molecule has 0 aliphatic carbocycles. The van der Waals surface area contributed by atoms with E-state index >= 15 is 0 Å². The van der Waals surface area contributed by atoms with Crippen molar-refractivity contribution in [1.82, 2.24) is 9.78 Å². The summed E-state index contributed by atoms with van der Waals surface area (Å²) in [5.74, 6) is 0.965. The molecule has 2 unspecified atom stereocenters. The third-order valence-electron chi connectivity index (χ3n) is 3.53. The highest BCUT2D eigenvalue weighted by molar-refractivity contribution is 7.99. The molecule has 3 nitrogen and oxygen atoms in total. The standard InChI is InChI=1S/C14H15ClN2OS/c1-2-17-13(11(15)7-16-17)14(18)10-8-19-12-6-4-3-5-9(10)12/h3-7,10,14,18H,2,8H2,1H3. The summed E-state index contributed by atoms with van der Waals surface area (Å²) in [5, 5.41) is 15.4. The summed E-state index contributed by atoms with van der Waals surface area (Å²) in [7, 11) is 0. The molecule has 0 saturated carbocycles. The number of aromatic nitrogens is 2. The van der Waals surface area contributed by atoms with E-state index in [4.69, 9.17) is 11.6 Å². The van der Waals surface area contributed by atoms with Crippen LogP contribution < -0.4 is 0 Å². The molecule has 100 valence electrons. The maximum absolute atomic E-state index is 10.7. The number of fused-ring (bicyclic) bond motifs is 1. The number of nitrogens with zero attached hydrogens (tertiary/aromatic N) is 2. The summed E-state index contributed by atoms with van der Waals surface area (Å²) in [4.78, 5) is 1.25. The minimum absolute atomic E-state index is 0.0840. The molecule has 3 rings (SSSR count). The van der Waals surface area contributed by atoms with E-state index in [1.165, 1.54) is 10.5 Å². The molecular formula is C14H15ClN2OS. The second-order valence-electron chi connectivity index (χ2n) is 4.59. The van der Waals surface area contributed by atoms with Crippen LogP contribution in [0.1, 0.15) is 30.2 Å². The van der Waals surface area contributed by atoms with Crippen LogP contribution in [-0.4, -0.2) is 20.6 Å². The van der Waals surface area contributed by atoms with Crippen LogP contribution in [0.25, 0.3) is 0 Å². The Bertz CT molecular complexity index is 599. The van der Waals surface area contributed by atoms with Gasteiger partial charge in [0.15, 0.2) is 0 Å². The predicted molar refractivity (Wildman–Crippen MR) is 77.8 cm³/mol. The molecule has 1 aliphatic heterocycles. The molecule has 2 aromatic rings. The lowest BCUT2D eigenvalue weighted by atomic mass is 9.93. The van der Waals surface area contributed by atoms with E-state index < -0.39 is 6.10 Å². The van der Waals surface area contributed by atoms with Gasteiger partial charge >= 0.3 is 0 Å². The van der Waals surface area contributed by atoms with Crippen LogP contribution >= 0.6 is 23.4 Å². The van der Waals surface area contributed by atoms with Crippen LogP contribution in [0.15, 0.2) is 35.4 Å². The fraction of sp³-hybridized carbons (Fsp3) is 0.357. The lowest BCUT2D eigenvalue weighted by molar-refractivity contribution is 0.143. The fourth-order valence-corrected chi connectivity index (χ4v) is 4.09. The Labute approximate surface area is 121 Å². The van der Waals surface area contributed by atoms with Gasteiger partial charge in [0.1, 0.15) is 6.10 Å². The highest BCUT2D eigenvalue weighted by Crippen LogP contribution is 2.46. The molecule has 1 aromatic heterocycles. The smallest absolute Gasteiger partial charge is 0.105 e. The van der Waals surface area contributed by atoms with E-state index in [0.29, 0.717) is 11.6 Å². The molecule has 0 saturated heterocycles. The Morgan fingerprint density at radius 2 is 2.32 bits per heavy atom. The molecule has 0 radical (unpaired) electrons. The maximum atomic E-state index is 10.7. The Morgan fingerprint density at radius 1 is 1.53 bits per heavy atom. The zero-order valence-electron chi connectivity index (χ0n) is 10.6. The summed E-state index contributed by atoms with van der Waals surface area (Å²) in [5.41, 5.74) is 1.94. The second-order valence-corrected chi connectivity index (χ2v) is 6.06. The molecule has 0 bridgehead atoms. The van der Waals surface area contributed by atoms with Crippen molar-refractivity contribution in [2.24, 2.45) is 0 Å². The van der Waals surface area contributed by atoms with Gasteiger partial charge in [0.05, 0.1) is 16.9 Å². The molecule has 0 amide bonds. The summed E-state index contributed by atoms with van der Waals surface area (Å²) >= 11 is 7.96. The van der Waals surface area contributed by atoms with Crippen LogP contribution in [0.4, 0.5) is 0 Å². The zero-order valence-corrected chi connectivity index (χ0v) is 12.2. The van der Waals surface area contributed by atoms with Crippen molar-refractivity contribution in [2.45, 2.75) is 30.4 Å².